The molecule has 0 radical (unpaired) electrons. The maximum Gasteiger partial charge on any atom is 0.404 e. The molecular formula is C32H54N2O7. The predicted octanol–water partition coefficient (Wildman–Crippen LogP) is 3.48. The summed E-state index contributed by atoms with van der Waals surface area (Å²) in [5.41, 5.74) is 5.28. The van der Waals surface area contributed by atoms with E-state index in [1.54, 1.807) is 31.2 Å². The van der Waals surface area contributed by atoms with Gasteiger partial charge in [0, 0.05) is 35.6 Å². The van der Waals surface area contributed by atoms with Crippen molar-refractivity contribution in [3.05, 3.63) is 49.1 Å². The van der Waals surface area contributed by atoms with E-state index in [0.717, 1.165) is 0 Å². The second-order valence-electron chi connectivity index (χ2n) is 12.0. The van der Waals surface area contributed by atoms with Gasteiger partial charge in [0.2, 0.25) is 5.91 Å². The summed E-state index contributed by atoms with van der Waals surface area (Å²) < 4.78 is 5.33. The fourth-order valence-electron chi connectivity index (χ4n) is 5.47. The summed E-state index contributed by atoms with van der Waals surface area (Å²) in [6, 6.07) is -0.333. The maximum absolute atomic E-state index is 12.0. The highest BCUT2D eigenvalue weighted by Crippen LogP contribution is 2.28. The van der Waals surface area contributed by atoms with E-state index in [4.69, 9.17) is 10.5 Å². The van der Waals surface area contributed by atoms with Crippen LogP contribution in [0.4, 0.5) is 4.79 Å². The Morgan fingerprint density at radius 3 is 2.20 bits per heavy atom. The number of piperidine rings is 1. The Bertz CT molecular complexity index is 920. The number of carbonyl (C=O) groups is 2. The number of aliphatic hydroxyl groups is 4. The van der Waals surface area contributed by atoms with Gasteiger partial charge in [-0.25, -0.2) is 4.79 Å². The first kappa shape index (κ1) is 36.6. The summed E-state index contributed by atoms with van der Waals surface area (Å²) in [5, 5.41) is 45.5. The number of aliphatic hydroxyl groups excluding tert-OH is 4. The Morgan fingerprint density at radius 1 is 1.00 bits per heavy atom. The van der Waals surface area contributed by atoms with Gasteiger partial charge in [-0.3, -0.25) is 4.79 Å². The molecule has 1 saturated heterocycles. The van der Waals surface area contributed by atoms with Gasteiger partial charge in [-0.15, -0.1) is 0 Å². The molecule has 9 heteroatoms. The average Bonchev–Trinajstić information content (AvgIpc) is 2.93. The zero-order valence-corrected chi connectivity index (χ0v) is 25.8. The van der Waals surface area contributed by atoms with Gasteiger partial charge >= 0.3 is 6.09 Å². The van der Waals surface area contributed by atoms with Crippen molar-refractivity contribution in [2.45, 2.75) is 97.9 Å². The van der Waals surface area contributed by atoms with Crippen molar-refractivity contribution in [1.29, 1.82) is 0 Å². The minimum absolute atomic E-state index is 0.142. The SMILES string of the molecule is C=CC=C[C@H](C)[C@H](OC(N)=O)[C@@H](C)[C@H](O)[C@@H](C)CC=C[C@H](C)[C@@H](O)[C@@H](C)C=C[C@@H](O)C[C@@H]1NC(=O)[C@H](C)[C@@H](O)[C@H]1C. The van der Waals surface area contributed by atoms with Gasteiger partial charge in [-0.1, -0.05) is 97.6 Å². The summed E-state index contributed by atoms with van der Waals surface area (Å²) in [6.45, 7) is 16.6. The van der Waals surface area contributed by atoms with Crippen LogP contribution in [0.3, 0.4) is 0 Å². The first-order chi connectivity index (χ1) is 19.1. The van der Waals surface area contributed by atoms with Crippen molar-refractivity contribution in [1.82, 2.24) is 5.32 Å². The molecule has 0 aromatic heterocycles. The number of allylic oxidation sites excluding steroid dienone is 3. The molecule has 0 aromatic carbocycles. The van der Waals surface area contributed by atoms with E-state index in [1.807, 2.05) is 59.8 Å². The molecule has 1 aliphatic heterocycles. The lowest BCUT2D eigenvalue weighted by Crippen LogP contribution is -2.56. The Kier molecular flexibility index (Phi) is 15.6. The van der Waals surface area contributed by atoms with E-state index < -0.39 is 42.5 Å². The molecule has 0 unspecified atom stereocenters. The Labute approximate surface area is 246 Å². The van der Waals surface area contributed by atoms with Crippen LogP contribution in [-0.4, -0.2) is 69.0 Å². The molecule has 234 valence electrons. The lowest BCUT2D eigenvalue weighted by molar-refractivity contribution is -0.136. The van der Waals surface area contributed by atoms with Crippen molar-refractivity contribution in [3.8, 4) is 0 Å². The van der Waals surface area contributed by atoms with Gasteiger partial charge in [-0.05, 0) is 18.8 Å². The molecule has 0 bridgehead atoms. The third-order valence-corrected chi connectivity index (χ3v) is 8.55. The molecule has 2 amide bonds. The highest BCUT2D eigenvalue weighted by molar-refractivity contribution is 5.80. The second kappa shape index (κ2) is 17.5. The fraction of sp³-hybridized carbons (Fsp3) is 0.688. The van der Waals surface area contributed by atoms with E-state index in [1.165, 1.54) is 0 Å². The van der Waals surface area contributed by atoms with Crippen LogP contribution in [0.2, 0.25) is 0 Å². The first-order valence-corrected chi connectivity index (χ1v) is 14.7. The van der Waals surface area contributed by atoms with Crippen molar-refractivity contribution in [2.24, 2.45) is 47.2 Å². The van der Waals surface area contributed by atoms with Crippen LogP contribution >= 0.6 is 0 Å². The minimum Gasteiger partial charge on any atom is -0.445 e. The van der Waals surface area contributed by atoms with Crippen LogP contribution in [-0.2, 0) is 9.53 Å². The van der Waals surface area contributed by atoms with Gasteiger partial charge in [0.15, 0.2) is 0 Å². The van der Waals surface area contributed by atoms with Crippen LogP contribution in [0.25, 0.3) is 0 Å². The molecule has 1 rings (SSSR count). The van der Waals surface area contributed by atoms with Crippen molar-refractivity contribution < 1.29 is 34.8 Å². The molecule has 41 heavy (non-hydrogen) atoms. The first-order valence-electron chi connectivity index (χ1n) is 14.7. The van der Waals surface area contributed by atoms with Crippen LogP contribution in [0.15, 0.2) is 49.1 Å². The number of hydrogen-bond donors (Lipinski definition) is 6. The highest BCUT2D eigenvalue weighted by Gasteiger charge is 2.38. The maximum atomic E-state index is 12.0. The van der Waals surface area contributed by atoms with Crippen LogP contribution in [0.1, 0.15) is 61.3 Å². The van der Waals surface area contributed by atoms with Gasteiger partial charge in [-0.2, -0.15) is 0 Å². The predicted molar refractivity (Wildman–Crippen MR) is 161 cm³/mol. The summed E-state index contributed by atoms with van der Waals surface area (Å²) in [6.07, 6.45) is 8.80. The molecule has 0 aliphatic carbocycles. The van der Waals surface area contributed by atoms with Gasteiger partial charge in [0.05, 0.1) is 30.3 Å². The fourth-order valence-corrected chi connectivity index (χ4v) is 5.47. The molecule has 1 fully saturated rings. The number of hydrogen-bond acceptors (Lipinski definition) is 7. The molecule has 1 aliphatic rings. The van der Waals surface area contributed by atoms with Gasteiger partial charge < -0.3 is 36.2 Å². The number of primary amides is 1. The molecule has 0 spiro atoms. The summed E-state index contributed by atoms with van der Waals surface area (Å²) >= 11 is 0. The minimum atomic E-state index is -0.886. The Balaban J connectivity index is 2.67. The van der Waals surface area contributed by atoms with Crippen LogP contribution in [0, 0.1) is 41.4 Å². The van der Waals surface area contributed by atoms with Crippen molar-refractivity contribution in [2.75, 3.05) is 0 Å². The summed E-state index contributed by atoms with van der Waals surface area (Å²) in [5.74, 6) is -1.98. The number of ether oxygens (including phenoxy) is 1. The monoisotopic (exact) mass is 578 g/mol. The summed E-state index contributed by atoms with van der Waals surface area (Å²) in [4.78, 5) is 23.5. The number of carbonyl (C=O) groups excluding carboxylic acids is 2. The third-order valence-electron chi connectivity index (χ3n) is 8.55. The topological polar surface area (TPSA) is 162 Å². The second-order valence-corrected chi connectivity index (χ2v) is 12.0. The van der Waals surface area contributed by atoms with Crippen molar-refractivity contribution >= 4 is 12.0 Å². The molecule has 7 N–H and O–H groups in total. The average molecular weight is 579 g/mol. The lowest BCUT2D eigenvalue weighted by Gasteiger charge is -2.38. The van der Waals surface area contributed by atoms with Crippen LogP contribution in [0.5, 0.6) is 0 Å². The molecular weight excluding hydrogens is 524 g/mol. The molecule has 9 nitrogen and oxygen atoms in total. The van der Waals surface area contributed by atoms with Gasteiger partial charge in [0.25, 0.3) is 0 Å². The van der Waals surface area contributed by atoms with Gasteiger partial charge in [0.1, 0.15) is 6.10 Å². The molecule has 13 atom stereocenters. The zero-order chi connectivity index (χ0) is 31.4. The van der Waals surface area contributed by atoms with E-state index in [0.29, 0.717) is 6.42 Å². The third kappa shape index (κ3) is 11.4. The normalized spacial score (nSPS) is 28.4. The Morgan fingerprint density at radius 2 is 1.61 bits per heavy atom. The van der Waals surface area contributed by atoms with Crippen molar-refractivity contribution in [3.63, 3.8) is 0 Å². The van der Waals surface area contributed by atoms with E-state index in [9.17, 15) is 30.0 Å². The summed E-state index contributed by atoms with van der Waals surface area (Å²) in [7, 11) is 0. The lowest BCUT2D eigenvalue weighted by atomic mass is 9.81. The number of amides is 2. The molecule has 0 aromatic rings. The number of rotatable bonds is 16. The molecule has 1 heterocycles. The highest BCUT2D eigenvalue weighted by atomic mass is 16.6. The quantitative estimate of drug-likeness (QED) is 0.121. The van der Waals surface area contributed by atoms with E-state index in [-0.39, 0.29) is 53.9 Å². The number of nitrogens with two attached hydrogens (primary N) is 1. The zero-order valence-electron chi connectivity index (χ0n) is 25.8. The number of nitrogens with one attached hydrogen (secondary N) is 1. The van der Waals surface area contributed by atoms with E-state index >= 15 is 0 Å². The largest absolute Gasteiger partial charge is 0.445 e. The van der Waals surface area contributed by atoms with Crippen LogP contribution < -0.4 is 11.1 Å². The smallest absolute Gasteiger partial charge is 0.404 e. The Hall–Kier alpha value is -2.46. The van der Waals surface area contributed by atoms with E-state index in [2.05, 4.69) is 11.9 Å². The molecule has 0 saturated carbocycles. The standard InChI is InChI=1S/C32H54N2O7/c1-9-10-12-21(5)30(41-32(33)40)23(7)28(37)19(3)14-11-13-18(2)27(36)20(4)15-16-25(35)17-26-22(6)29(38)24(8)31(39)34-26/h9-13,15-16,18-30,35-38H,1,14,17H2,2-8H3,(H2,33,40)(H,34,39)/t18-,19-,20-,21-,22-,23-,24+,25+,26-,27+,28+,29-,30-/m0/s1.